The van der Waals surface area contributed by atoms with Gasteiger partial charge in [-0.1, -0.05) is 0 Å². The molecule has 1 N–H and O–H groups in total. The van der Waals surface area contributed by atoms with Crippen molar-refractivity contribution in [2.24, 2.45) is 0 Å². The first kappa shape index (κ1) is 13.5. The van der Waals surface area contributed by atoms with E-state index in [2.05, 4.69) is 0 Å². The molecule has 13 heavy (non-hydrogen) atoms. The fourth-order valence-electron chi connectivity index (χ4n) is 1.49. The molecule has 0 radical (unpaired) electrons. The number of hydrogen-bond acceptors (Lipinski definition) is 1. The topological polar surface area (TPSA) is 20.2 Å². The molecule has 0 heterocycles. The first-order valence-corrected chi connectivity index (χ1v) is 7.44. The van der Waals surface area contributed by atoms with E-state index in [0.717, 1.165) is 6.42 Å². The number of aliphatic hydroxyl groups excluding tert-OH is 1. The Kier molecular flexibility index (Phi) is 13.0. The van der Waals surface area contributed by atoms with Crippen LogP contribution in [-0.4, -0.2) is 28.6 Å². The molecular formula is C11H25AsO. The van der Waals surface area contributed by atoms with E-state index in [1.54, 1.807) is 0 Å². The van der Waals surface area contributed by atoms with E-state index in [1.807, 2.05) is 16.9 Å². The Bertz CT molecular complexity index is 76.2. The van der Waals surface area contributed by atoms with Gasteiger partial charge in [0.2, 0.25) is 0 Å². The van der Waals surface area contributed by atoms with Crippen LogP contribution in [-0.2, 0) is 0 Å². The van der Waals surface area contributed by atoms with Gasteiger partial charge in [0.05, 0.1) is 0 Å². The fourth-order valence-corrected chi connectivity index (χ4v) is 2.10. The average Bonchev–Trinajstić information content (AvgIpc) is 2.16. The quantitative estimate of drug-likeness (QED) is 0.465. The van der Waals surface area contributed by atoms with Crippen molar-refractivity contribution in [2.45, 2.75) is 63.0 Å². The summed E-state index contributed by atoms with van der Waals surface area (Å²) in [5.74, 6) is 0. The standard InChI is InChI=1S/C11H25AsO/c12-10-8-6-4-2-1-3-5-7-9-11-13/h13H,1-12H2. The van der Waals surface area contributed by atoms with E-state index in [-0.39, 0.29) is 0 Å². The van der Waals surface area contributed by atoms with Crippen molar-refractivity contribution in [1.29, 1.82) is 0 Å². The molecule has 1 nitrogen and oxygen atoms in total. The zero-order valence-electron chi connectivity index (χ0n) is 8.80. The summed E-state index contributed by atoms with van der Waals surface area (Å²) in [6.07, 6.45) is 12.0. The van der Waals surface area contributed by atoms with Crippen molar-refractivity contribution in [3.8, 4) is 0 Å². The summed E-state index contributed by atoms with van der Waals surface area (Å²) in [5, 5.41) is 9.97. The molecule has 0 aliphatic carbocycles. The van der Waals surface area contributed by atoms with Crippen molar-refractivity contribution in [3.05, 3.63) is 0 Å². The van der Waals surface area contributed by atoms with Crippen LogP contribution in [0, 0.1) is 0 Å². The van der Waals surface area contributed by atoms with Crippen LogP contribution < -0.4 is 0 Å². The monoisotopic (exact) mass is 248 g/mol. The van der Waals surface area contributed by atoms with Crippen LogP contribution in [0.5, 0.6) is 0 Å². The Hall–Kier alpha value is 0.518. The predicted molar refractivity (Wildman–Crippen MR) is 62.0 cm³/mol. The van der Waals surface area contributed by atoms with Crippen molar-refractivity contribution in [2.75, 3.05) is 6.61 Å². The normalized spacial score (nSPS) is 10.6. The van der Waals surface area contributed by atoms with Crippen LogP contribution in [0.25, 0.3) is 0 Å². The van der Waals surface area contributed by atoms with Gasteiger partial charge in [0.1, 0.15) is 0 Å². The summed E-state index contributed by atoms with van der Waals surface area (Å²) in [5.41, 5.74) is 0. The number of aliphatic hydroxyl groups is 1. The molecule has 80 valence electrons. The summed E-state index contributed by atoms with van der Waals surface area (Å²) in [6.45, 7) is 0.373. The van der Waals surface area contributed by atoms with Gasteiger partial charge in [0, 0.05) is 0 Å². The summed E-state index contributed by atoms with van der Waals surface area (Å²) >= 11 is 1.87. The summed E-state index contributed by atoms with van der Waals surface area (Å²) < 4.78 is 0. The maximum atomic E-state index is 8.57. The second-order valence-corrected chi connectivity index (χ2v) is 4.91. The molecule has 0 fully saturated rings. The van der Waals surface area contributed by atoms with Gasteiger partial charge in [-0.05, 0) is 0 Å². The summed E-state index contributed by atoms with van der Waals surface area (Å²) in [6, 6.07) is 0. The van der Waals surface area contributed by atoms with Gasteiger partial charge in [0.25, 0.3) is 0 Å². The van der Waals surface area contributed by atoms with E-state index >= 15 is 0 Å². The van der Waals surface area contributed by atoms with Gasteiger partial charge in [-0.2, -0.15) is 0 Å². The molecule has 0 aromatic carbocycles. The Morgan fingerprint density at radius 1 is 0.615 bits per heavy atom. The zero-order chi connectivity index (χ0) is 9.78. The molecule has 1 unspecified atom stereocenters. The van der Waals surface area contributed by atoms with Crippen LogP contribution in [0.15, 0.2) is 0 Å². The third-order valence-corrected chi connectivity index (χ3v) is 3.22. The minimum absolute atomic E-state index is 0.373. The molecule has 0 amide bonds. The van der Waals surface area contributed by atoms with Crippen LogP contribution in [0.2, 0.25) is 5.21 Å². The second kappa shape index (κ2) is 12.5. The number of hydrogen-bond donors (Lipinski definition) is 1. The van der Waals surface area contributed by atoms with E-state index < -0.39 is 0 Å². The third kappa shape index (κ3) is 12.5. The van der Waals surface area contributed by atoms with Crippen LogP contribution >= 0.6 is 0 Å². The number of rotatable bonds is 10. The summed E-state index contributed by atoms with van der Waals surface area (Å²) in [4.78, 5) is 0. The molecule has 0 bridgehead atoms. The zero-order valence-corrected chi connectivity index (χ0v) is 11.2. The fraction of sp³-hybridized carbons (Fsp3) is 1.00. The molecule has 0 aliphatic rings. The molecular weight excluding hydrogens is 223 g/mol. The predicted octanol–water partition coefficient (Wildman–Crippen LogP) is 2.54. The first-order valence-electron chi connectivity index (χ1n) is 5.72. The van der Waals surface area contributed by atoms with E-state index in [1.165, 1.54) is 56.6 Å². The molecule has 0 saturated heterocycles. The minimum atomic E-state index is 0.373. The first-order chi connectivity index (χ1) is 6.41. The van der Waals surface area contributed by atoms with Crippen molar-refractivity contribution in [3.63, 3.8) is 0 Å². The molecule has 2 heteroatoms. The molecule has 1 atom stereocenters. The van der Waals surface area contributed by atoms with Gasteiger partial charge in [-0.3, -0.25) is 0 Å². The van der Waals surface area contributed by atoms with Crippen molar-refractivity contribution >= 4 is 16.9 Å². The second-order valence-electron chi connectivity index (χ2n) is 3.69. The van der Waals surface area contributed by atoms with E-state index in [4.69, 9.17) is 5.11 Å². The molecule has 0 aromatic heterocycles. The number of unbranched alkanes of at least 4 members (excludes halogenated alkanes) is 8. The molecule has 0 saturated carbocycles. The van der Waals surface area contributed by atoms with Gasteiger partial charge >= 0.3 is 91.6 Å². The Balaban J connectivity index is 2.76. The summed E-state index contributed by atoms with van der Waals surface area (Å²) in [7, 11) is 0. The average molecular weight is 248 g/mol. The molecule has 0 rings (SSSR count). The Morgan fingerprint density at radius 2 is 1.00 bits per heavy atom. The molecule has 0 aliphatic heterocycles. The molecule has 0 aromatic rings. The Morgan fingerprint density at radius 3 is 1.38 bits per heavy atom. The maximum absolute atomic E-state index is 8.57. The van der Waals surface area contributed by atoms with Crippen molar-refractivity contribution < 1.29 is 5.11 Å². The van der Waals surface area contributed by atoms with Gasteiger partial charge < -0.3 is 0 Å². The van der Waals surface area contributed by atoms with Crippen LogP contribution in [0.1, 0.15) is 57.8 Å². The van der Waals surface area contributed by atoms with Crippen LogP contribution in [0.3, 0.4) is 0 Å². The van der Waals surface area contributed by atoms with Crippen molar-refractivity contribution in [1.82, 2.24) is 0 Å². The van der Waals surface area contributed by atoms with Gasteiger partial charge in [0.15, 0.2) is 0 Å². The van der Waals surface area contributed by atoms with E-state index in [0.29, 0.717) is 6.61 Å². The Labute approximate surface area is 91.8 Å². The van der Waals surface area contributed by atoms with Crippen LogP contribution in [0.4, 0.5) is 0 Å². The van der Waals surface area contributed by atoms with Gasteiger partial charge in [-0.15, -0.1) is 0 Å². The molecule has 0 spiro atoms. The third-order valence-electron chi connectivity index (χ3n) is 2.36. The van der Waals surface area contributed by atoms with E-state index in [9.17, 15) is 0 Å². The van der Waals surface area contributed by atoms with Gasteiger partial charge in [-0.25, -0.2) is 0 Å². The SMILES string of the molecule is OCCCCCCCCCCC[AsH2].